The second-order valence-electron chi connectivity index (χ2n) is 10.5. The number of hydroxylamine groups is 4. The third kappa shape index (κ3) is 8.14. The number of amides is 6. The number of carbonyl (C=O) groups is 6. The first kappa shape index (κ1) is 33.2. The Balaban J connectivity index is 0.000000235. The molecule has 0 aliphatic carbocycles. The molecule has 4 N–H and O–H groups in total. The SMILES string of the molecule is CCCC(=O)CNC(=O)[C@@H]1CC[C@@H]2CN1C(=O)N2O.CCCC(=O)CNC(=O)[C@@H]1CC[C@@H]2CN1C(=O)N2OS(=O)(=O)O. The van der Waals surface area contributed by atoms with Gasteiger partial charge in [0.15, 0.2) is 11.6 Å². The fourth-order valence-electron chi connectivity index (χ4n) is 5.37. The number of Topliss-reactive ketones (excluding diaryl/α,β-unsaturated/α-hetero) is 2. The maximum atomic E-state index is 12.1. The van der Waals surface area contributed by atoms with E-state index >= 15 is 0 Å². The lowest BCUT2D eigenvalue weighted by atomic mass is 10.0. The van der Waals surface area contributed by atoms with Crippen molar-refractivity contribution < 1.29 is 51.2 Å². The Morgan fingerprint density at radius 2 is 1.26 bits per heavy atom. The molecule has 0 spiro atoms. The maximum absolute atomic E-state index is 12.1. The van der Waals surface area contributed by atoms with Crippen molar-refractivity contribution in [3.8, 4) is 0 Å². The molecule has 4 aliphatic rings. The molecule has 4 heterocycles. The predicted octanol–water partition coefficient (Wildman–Crippen LogP) is -0.396. The van der Waals surface area contributed by atoms with Crippen molar-refractivity contribution in [1.29, 1.82) is 0 Å². The molecule has 4 fully saturated rings. The highest BCUT2D eigenvalue weighted by Crippen LogP contribution is 2.31. The van der Waals surface area contributed by atoms with Gasteiger partial charge in [-0.1, -0.05) is 13.8 Å². The van der Waals surface area contributed by atoms with Crippen molar-refractivity contribution in [2.45, 2.75) is 89.4 Å². The molecular weight excluding hydrogens is 580 g/mol. The Labute approximate surface area is 243 Å². The number of piperidine rings is 2. The minimum Gasteiger partial charge on any atom is -0.347 e. The monoisotopic (exact) mass is 618 g/mol. The van der Waals surface area contributed by atoms with Crippen LogP contribution >= 0.6 is 0 Å². The molecule has 4 bridgehead atoms. The summed E-state index contributed by atoms with van der Waals surface area (Å²) in [4.78, 5) is 73.3. The van der Waals surface area contributed by atoms with Crippen molar-refractivity contribution in [3.05, 3.63) is 0 Å². The Kier molecular flexibility index (Phi) is 11.2. The average Bonchev–Trinajstić information content (AvgIpc) is 3.30. The number of nitrogens with zero attached hydrogens (tertiary/aromatic N) is 4. The minimum absolute atomic E-state index is 0.0114. The van der Waals surface area contributed by atoms with Crippen LogP contribution in [0.15, 0.2) is 0 Å². The summed E-state index contributed by atoms with van der Waals surface area (Å²) in [6.45, 7) is 4.16. The third-order valence-corrected chi connectivity index (χ3v) is 7.77. The van der Waals surface area contributed by atoms with Gasteiger partial charge in [0.1, 0.15) is 12.1 Å². The van der Waals surface area contributed by atoms with E-state index in [9.17, 15) is 42.4 Å². The highest BCUT2D eigenvalue weighted by atomic mass is 32.3. The van der Waals surface area contributed by atoms with Crippen molar-refractivity contribution in [2.75, 3.05) is 26.2 Å². The summed E-state index contributed by atoms with van der Waals surface area (Å²) in [6.07, 6.45) is 4.03. The van der Waals surface area contributed by atoms with Crippen LogP contribution in [-0.4, -0.2) is 124 Å². The lowest BCUT2D eigenvalue weighted by Gasteiger charge is -2.29. The number of rotatable bonds is 12. The van der Waals surface area contributed by atoms with E-state index in [0.29, 0.717) is 61.6 Å². The van der Waals surface area contributed by atoms with Gasteiger partial charge in [0.05, 0.1) is 25.2 Å². The zero-order valence-electron chi connectivity index (χ0n) is 23.6. The van der Waals surface area contributed by atoms with Crippen LogP contribution in [0, 0.1) is 0 Å². The highest BCUT2D eigenvalue weighted by molar-refractivity contribution is 7.80. The van der Waals surface area contributed by atoms with Crippen molar-refractivity contribution in [1.82, 2.24) is 30.6 Å². The lowest BCUT2D eigenvalue weighted by molar-refractivity contribution is -0.128. The smallest absolute Gasteiger partial charge is 0.347 e. The molecule has 0 aromatic heterocycles. The van der Waals surface area contributed by atoms with Gasteiger partial charge in [-0.2, -0.15) is 13.5 Å². The summed E-state index contributed by atoms with van der Waals surface area (Å²) < 4.78 is 34.5. The molecule has 236 valence electrons. The number of urea groups is 2. The van der Waals surface area contributed by atoms with E-state index in [1.165, 1.54) is 9.80 Å². The summed E-state index contributed by atoms with van der Waals surface area (Å²) in [7, 11) is -4.81. The molecule has 0 aromatic carbocycles. The Bertz CT molecular complexity index is 1180. The standard InChI is InChI=1S/C12H19N3O7S.C12H19N3O4/c1-2-3-9(16)6-13-11(17)10-5-4-8-7-14(10)12(18)15(8)22-23(19,20)21;1-2-3-9(16)6-13-11(17)10-5-4-8-7-14(10)12(18)15(8)19/h8,10H,2-7H2,1H3,(H,13,17)(H,19,20,21);8,10,19H,2-7H2,1H3,(H,13,17)/t2*8-,10+/m11/s1. The first-order valence-corrected chi connectivity index (χ1v) is 15.3. The normalized spacial score (nSPS) is 24.8. The van der Waals surface area contributed by atoms with Crippen LogP contribution in [0.3, 0.4) is 0 Å². The van der Waals surface area contributed by atoms with Gasteiger partial charge >= 0.3 is 22.5 Å². The summed E-state index contributed by atoms with van der Waals surface area (Å²) in [6, 6.07) is -3.44. The molecule has 0 unspecified atom stereocenters. The number of nitrogens with one attached hydrogen (secondary N) is 2. The predicted molar refractivity (Wildman–Crippen MR) is 142 cm³/mol. The molecule has 42 heavy (non-hydrogen) atoms. The number of carbonyl (C=O) groups excluding carboxylic acids is 6. The number of hydrogen-bond acceptors (Lipinski definition) is 10. The largest absolute Gasteiger partial charge is 0.418 e. The van der Waals surface area contributed by atoms with Gasteiger partial charge < -0.3 is 20.4 Å². The van der Waals surface area contributed by atoms with Crippen LogP contribution in [0.1, 0.15) is 65.2 Å². The maximum Gasteiger partial charge on any atom is 0.418 e. The van der Waals surface area contributed by atoms with E-state index < -0.39 is 46.5 Å². The molecule has 0 saturated carbocycles. The van der Waals surface area contributed by atoms with Crippen LogP contribution in [0.2, 0.25) is 0 Å². The quantitative estimate of drug-likeness (QED) is 0.163. The molecule has 0 aromatic rings. The molecule has 6 amide bonds. The Morgan fingerprint density at radius 1 is 0.810 bits per heavy atom. The number of fused-ring (bicyclic) bond motifs is 4. The van der Waals surface area contributed by atoms with Crippen LogP contribution in [0.25, 0.3) is 0 Å². The molecule has 4 rings (SSSR count). The zero-order valence-corrected chi connectivity index (χ0v) is 24.4. The summed E-state index contributed by atoms with van der Waals surface area (Å²) in [5.74, 6) is -0.888. The number of hydrogen-bond donors (Lipinski definition) is 4. The van der Waals surface area contributed by atoms with Crippen molar-refractivity contribution >= 4 is 45.8 Å². The summed E-state index contributed by atoms with van der Waals surface area (Å²) >= 11 is 0. The molecule has 4 saturated heterocycles. The van der Waals surface area contributed by atoms with E-state index in [4.69, 9.17) is 4.55 Å². The van der Waals surface area contributed by atoms with Crippen molar-refractivity contribution in [2.24, 2.45) is 0 Å². The fourth-order valence-corrected chi connectivity index (χ4v) is 5.76. The van der Waals surface area contributed by atoms with Gasteiger partial charge in [-0.05, 0) is 38.5 Å². The molecule has 4 aliphatic heterocycles. The first-order chi connectivity index (χ1) is 19.8. The lowest BCUT2D eigenvalue weighted by Crippen LogP contribution is -2.50. The molecule has 4 atom stereocenters. The second-order valence-corrected chi connectivity index (χ2v) is 11.6. The van der Waals surface area contributed by atoms with E-state index in [2.05, 4.69) is 14.9 Å². The van der Waals surface area contributed by atoms with E-state index in [1.54, 1.807) is 0 Å². The van der Waals surface area contributed by atoms with Gasteiger partial charge in [-0.3, -0.25) is 28.9 Å². The van der Waals surface area contributed by atoms with Gasteiger partial charge in [-0.15, -0.1) is 4.28 Å². The van der Waals surface area contributed by atoms with Gasteiger partial charge in [0.2, 0.25) is 11.8 Å². The van der Waals surface area contributed by atoms with Gasteiger partial charge in [-0.25, -0.2) is 14.7 Å². The van der Waals surface area contributed by atoms with Gasteiger partial charge in [0.25, 0.3) is 0 Å². The molecular formula is C24H38N6O11S. The highest BCUT2D eigenvalue weighted by Gasteiger charge is 2.49. The summed E-state index contributed by atoms with van der Waals surface area (Å²) in [5.41, 5.74) is 0. The molecule has 18 heteroatoms. The first-order valence-electron chi connectivity index (χ1n) is 13.9. The van der Waals surface area contributed by atoms with E-state index in [-0.39, 0.29) is 43.1 Å². The van der Waals surface area contributed by atoms with Crippen LogP contribution < -0.4 is 10.6 Å². The van der Waals surface area contributed by atoms with Crippen LogP contribution in [-0.2, 0) is 33.9 Å². The zero-order chi connectivity index (χ0) is 31.2. The van der Waals surface area contributed by atoms with Crippen molar-refractivity contribution in [3.63, 3.8) is 0 Å². The van der Waals surface area contributed by atoms with Crippen LogP contribution in [0.5, 0.6) is 0 Å². The Hall–Kier alpha value is -3.35. The average molecular weight is 619 g/mol. The van der Waals surface area contributed by atoms with Crippen LogP contribution in [0.4, 0.5) is 9.59 Å². The third-order valence-electron chi connectivity index (χ3n) is 7.42. The Morgan fingerprint density at radius 3 is 1.74 bits per heavy atom. The number of ketones is 2. The minimum atomic E-state index is -4.81. The summed E-state index contributed by atoms with van der Waals surface area (Å²) in [5, 5.41) is 15.9. The second kappa shape index (κ2) is 14.2. The molecule has 0 radical (unpaired) electrons. The van der Waals surface area contributed by atoms with E-state index in [0.717, 1.165) is 6.42 Å². The van der Waals surface area contributed by atoms with E-state index in [1.807, 2.05) is 13.8 Å². The molecule has 17 nitrogen and oxygen atoms in total. The topological polar surface area (TPSA) is 223 Å². The van der Waals surface area contributed by atoms with Gasteiger partial charge in [0, 0.05) is 25.9 Å². The fraction of sp³-hybridized carbons (Fsp3) is 0.750.